The number of nitrogens with zero attached hydrogens (tertiary/aromatic N) is 1. The first-order valence-electron chi connectivity index (χ1n) is 9.33. The Bertz CT molecular complexity index is 924. The SMILES string of the molecule is O=C(NCC(O)C[AsH]c1ccc(N2CCOCC2=O)c(F)c1)C1=CC(Cl)=CCC1=S. The van der Waals surface area contributed by atoms with Gasteiger partial charge in [0.25, 0.3) is 0 Å². The molecule has 1 saturated heterocycles. The molecule has 2 aliphatic rings. The van der Waals surface area contributed by atoms with Gasteiger partial charge in [-0.05, 0) is 0 Å². The molecule has 2 amide bonds. The van der Waals surface area contributed by atoms with Crippen LogP contribution in [0.15, 0.2) is 41.0 Å². The molecule has 0 saturated carbocycles. The quantitative estimate of drug-likeness (QED) is 0.419. The van der Waals surface area contributed by atoms with E-state index in [0.29, 0.717) is 40.3 Å². The second-order valence-electron chi connectivity index (χ2n) is 6.78. The van der Waals surface area contributed by atoms with E-state index in [1.807, 2.05) is 0 Å². The summed E-state index contributed by atoms with van der Waals surface area (Å²) in [5.74, 6) is -1.09. The first kappa shape index (κ1) is 23.1. The number of hydrogen-bond acceptors (Lipinski definition) is 5. The third kappa shape index (κ3) is 5.99. The number of carbonyl (C=O) groups excluding carboxylic acids is 2. The van der Waals surface area contributed by atoms with E-state index in [2.05, 4.69) is 5.32 Å². The van der Waals surface area contributed by atoms with Crippen LogP contribution in [0.2, 0.25) is 5.21 Å². The zero-order valence-electron chi connectivity index (χ0n) is 16.0. The van der Waals surface area contributed by atoms with E-state index in [1.54, 1.807) is 18.2 Å². The summed E-state index contributed by atoms with van der Waals surface area (Å²) in [7, 11) is 0. The summed E-state index contributed by atoms with van der Waals surface area (Å²) in [5, 5.41) is 13.8. The Morgan fingerprint density at radius 2 is 2.27 bits per heavy atom. The van der Waals surface area contributed by atoms with E-state index in [1.165, 1.54) is 17.0 Å². The van der Waals surface area contributed by atoms with E-state index in [4.69, 9.17) is 28.6 Å². The number of aliphatic hydroxyl groups excluding tert-OH is 1. The summed E-state index contributed by atoms with van der Waals surface area (Å²) < 4.78 is 20.4. The maximum absolute atomic E-state index is 14.5. The van der Waals surface area contributed by atoms with Crippen LogP contribution in [0.5, 0.6) is 0 Å². The number of carbonyl (C=O) groups is 2. The van der Waals surface area contributed by atoms with Crippen molar-refractivity contribution < 1.29 is 23.8 Å². The first-order chi connectivity index (χ1) is 14.3. The minimum absolute atomic E-state index is 0.0445. The van der Waals surface area contributed by atoms with Crippen LogP contribution in [0, 0.1) is 5.82 Å². The van der Waals surface area contributed by atoms with Gasteiger partial charge in [-0.25, -0.2) is 0 Å². The van der Waals surface area contributed by atoms with E-state index in [9.17, 15) is 19.1 Å². The minimum atomic E-state index is -0.826. The number of amides is 2. The Morgan fingerprint density at radius 1 is 1.47 bits per heavy atom. The van der Waals surface area contributed by atoms with Crippen molar-refractivity contribution in [3.05, 3.63) is 46.8 Å². The van der Waals surface area contributed by atoms with Crippen LogP contribution in [0.4, 0.5) is 10.1 Å². The van der Waals surface area contributed by atoms with Crippen LogP contribution in [0.3, 0.4) is 0 Å². The molecule has 1 aromatic carbocycles. The van der Waals surface area contributed by atoms with Gasteiger partial charge in [0.05, 0.1) is 0 Å². The summed E-state index contributed by atoms with van der Waals surface area (Å²) in [5.41, 5.74) is 0.590. The Labute approximate surface area is 190 Å². The number of rotatable bonds is 7. The fourth-order valence-corrected chi connectivity index (χ4v) is 5.61. The number of thiocarbonyl (C=S) groups is 1. The van der Waals surface area contributed by atoms with Gasteiger partial charge in [0.15, 0.2) is 0 Å². The average Bonchev–Trinajstić information content (AvgIpc) is 2.73. The Kier molecular flexibility index (Phi) is 8.19. The fourth-order valence-electron chi connectivity index (χ4n) is 2.99. The van der Waals surface area contributed by atoms with Gasteiger partial charge in [-0.2, -0.15) is 0 Å². The van der Waals surface area contributed by atoms with Crippen LogP contribution >= 0.6 is 23.8 Å². The molecule has 1 fully saturated rings. The Balaban J connectivity index is 1.50. The number of morpholine rings is 1. The molecule has 10 heteroatoms. The van der Waals surface area contributed by atoms with Gasteiger partial charge in [0.1, 0.15) is 0 Å². The summed E-state index contributed by atoms with van der Waals surface area (Å²) in [6.07, 6.45) is 2.95. The summed E-state index contributed by atoms with van der Waals surface area (Å²) in [4.78, 5) is 26.0. The molecule has 1 aromatic rings. The van der Waals surface area contributed by atoms with Crippen LogP contribution in [-0.4, -0.2) is 69.9 Å². The fraction of sp³-hybridized carbons (Fsp3) is 0.350. The molecule has 0 radical (unpaired) electrons. The molecule has 2 N–H and O–H groups in total. The molecular formula is C20H21AsClFN2O4S. The number of benzene rings is 1. The molecule has 6 nitrogen and oxygen atoms in total. The number of allylic oxidation sites excluding steroid dienone is 3. The monoisotopic (exact) mass is 514 g/mol. The van der Waals surface area contributed by atoms with Crippen molar-refractivity contribution in [2.75, 3.05) is 31.2 Å². The summed E-state index contributed by atoms with van der Waals surface area (Å²) >= 11 is 10.3. The van der Waals surface area contributed by atoms with Crippen molar-refractivity contribution in [3.63, 3.8) is 0 Å². The molecule has 2 unspecified atom stereocenters. The van der Waals surface area contributed by atoms with Gasteiger partial charge < -0.3 is 0 Å². The Hall–Kier alpha value is -1.57. The maximum atomic E-state index is 14.5. The predicted molar refractivity (Wildman–Crippen MR) is 119 cm³/mol. The molecule has 0 aromatic heterocycles. The molecule has 3 rings (SSSR count). The normalized spacial score (nSPS) is 18.4. The number of halogens is 2. The predicted octanol–water partition coefficient (Wildman–Crippen LogP) is 0.969. The topological polar surface area (TPSA) is 78.9 Å². The van der Waals surface area contributed by atoms with Crippen LogP contribution in [0.1, 0.15) is 6.42 Å². The van der Waals surface area contributed by atoms with Gasteiger partial charge in [0.2, 0.25) is 0 Å². The van der Waals surface area contributed by atoms with Crippen molar-refractivity contribution in [2.45, 2.75) is 17.7 Å². The molecule has 1 heterocycles. The van der Waals surface area contributed by atoms with Crippen LogP contribution in [0.25, 0.3) is 0 Å². The van der Waals surface area contributed by atoms with Gasteiger partial charge >= 0.3 is 191 Å². The number of hydrogen-bond donors (Lipinski definition) is 2. The second-order valence-corrected chi connectivity index (χ2v) is 10.5. The third-order valence-corrected chi connectivity index (χ3v) is 8.15. The molecule has 160 valence electrons. The molecule has 2 atom stereocenters. The first-order valence-corrected chi connectivity index (χ1v) is 12.7. The number of ether oxygens (including phenoxy) is 1. The molecule has 1 aliphatic carbocycles. The zero-order chi connectivity index (χ0) is 21.7. The summed E-state index contributed by atoms with van der Waals surface area (Å²) in [6.45, 7) is 0.733. The third-order valence-electron chi connectivity index (χ3n) is 4.57. The van der Waals surface area contributed by atoms with E-state index in [-0.39, 0.29) is 30.7 Å². The van der Waals surface area contributed by atoms with Crippen molar-refractivity contribution in [1.82, 2.24) is 5.32 Å². The molecule has 30 heavy (non-hydrogen) atoms. The van der Waals surface area contributed by atoms with Crippen molar-refractivity contribution in [3.8, 4) is 0 Å². The number of aliphatic hydroxyl groups is 1. The van der Waals surface area contributed by atoms with E-state index in [0.717, 1.165) is 4.35 Å². The van der Waals surface area contributed by atoms with Gasteiger partial charge in [-0.3, -0.25) is 0 Å². The average molecular weight is 515 g/mol. The van der Waals surface area contributed by atoms with E-state index < -0.39 is 27.7 Å². The second kappa shape index (κ2) is 10.6. The molecule has 0 bridgehead atoms. The number of nitrogens with one attached hydrogen (secondary N) is 1. The standard InChI is InChI=1S/C20H21AsClFN2O4S/c22-13-2-4-18(30)15(8-13)20(28)24-10-14(26)9-21-12-1-3-17(16(23)7-12)25-5-6-29-11-19(25)27/h1-3,7-8,14,21,26H,4-6,9-11H2,(H,24,28). The summed E-state index contributed by atoms with van der Waals surface area (Å²) in [6, 6.07) is 4.80. The molecule has 1 aliphatic heterocycles. The van der Waals surface area contributed by atoms with Crippen molar-refractivity contribution in [1.29, 1.82) is 0 Å². The van der Waals surface area contributed by atoms with Gasteiger partial charge in [-0.1, -0.05) is 0 Å². The van der Waals surface area contributed by atoms with Crippen LogP contribution in [-0.2, 0) is 14.3 Å². The van der Waals surface area contributed by atoms with Crippen LogP contribution < -0.4 is 14.6 Å². The zero-order valence-corrected chi connectivity index (χ0v) is 19.7. The molecular weight excluding hydrogens is 494 g/mol. The van der Waals surface area contributed by atoms with Crippen molar-refractivity contribution >= 4 is 66.3 Å². The van der Waals surface area contributed by atoms with Gasteiger partial charge in [-0.15, -0.1) is 0 Å². The Morgan fingerprint density at radius 3 is 3.00 bits per heavy atom. The van der Waals surface area contributed by atoms with Gasteiger partial charge in [0, 0.05) is 0 Å². The molecule has 0 spiro atoms. The van der Waals surface area contributed by atoms with Crippen molar-refractivity contribution in [2.24, 2.45) is 0 Å². The van der Waals surface area contributed by atoms with E-state index >= 15 is 0 Å². The number of anilines is 1.